The number of amides is 1. The topological polar surface area (TPSA) is 64.3 Å². The summed E-state index contributed by atoms with van der Waals surface area (Å²) >= 11 is 0. The molecule has 6 heteroatoms. The molecule has 20 heavy (non-hydrogen) atoms. The van der Waals surface area contributed by atoms with Crippen molar-refractivity contribution >= 4 is 18.3 Å². The first-order valence-electron chi connectivity index (χ1n) is 6.38. The summed E-state index contributed by atoms with van der Waals surface area (Å²) in [5, 5.41) is 2.89. The molecule has 0 radical (unpaired) electrons. The summed E-state index contributed by atoms with van der Waals surface area (Å²) in [6, 6.07) is 4.14. The van der Waals surface area contributed by atoms with Gasteiger partial charge in [0, 0.05) is 12.1 Å². The van der Waals surface area contributed by atoms with Gasteiger partial charge < -0.3 is 15.8 Å². The highest BCUT2D eigenvalue weighted by Crippen LogP contribution is 2.19. The van der Waals surface area contributed by atoms with Crippen LogP contribution in [0.2, 0.25) is 0 Å². The lowest BCUT2D eigenvalue weighted by Gasteiger charge is -2.31. The number of halogens is 2. The Kier molecular flexibility index (Phi) is 7.53. The molecule has 4 nitrogen and oxygen atoms in total. The highest BCUT2D eigenvalue weighted by atomic mass is 35.5. The minimum atomic E-state index is -0.554. The molecule has 0 aliphatic heterocycles. The zero-order chi connectivity index (χ0) is 14.5. The van der Waals surface area contributed by atoms with Gasteiger partial charge in [0.15, 0.2) is 11.6 Å². The highest BCUT2D eigenvalue weighted by Gasteiger charge is 2.27. The lowest BCUT2D eigenvalue weighted by atomic mass is 9.92. The van der Waals surface area contributed by atoms with Crippen molar-refractivity contribution in [3.63, 3.8) is 0 Å². The Labute approximate surface area is 125 Å². The van der Waals surface area contributed by atoms with E-state index in [0.29, 0.717) is 6.54 Å². The van der Waals surface area contributed by atoms with Crippen LogP contribution in [-0.2, 0) is 0 Å². The number of hydrogen-bond donors (Lipinski definition) is 2. The van der Waals surface area contributed by atoms with E-state index in [1.807, 2.05) is 13.8 Å². The van der Waals surface area contributed by atoms with Gasteiger partial charge in [-0.25, -0.2) is 4.39 Å². The highest BCUT2D eigenvalue weighted by molar-refractivity contribution is 5.94. The second-order valence-electron chi connectivity index (χ2n) is 4.50. The van der Waals surface area contributed by atoms with Crippen LogP contribution in [0.3, 0.4) is 0 Å². The predicted octanol–water partition coefficient (Wildman–Crippen LogP) is 2.50. The van der Waals surface area contributed by atoms with Gasteiger partial charge >= 0.3 is 0 Å². The number of carbonyl (C=O) groups excluding carboxylic acids is 1. The van der Waals surface area contributed by atoms with Crippen LogP contribution in [0, 0.1) is 5.82 Å². The fourth-order valence-electron chi connectivity index (χ4n) is 1.89. The predicted molar refractivity (Wildman–Crippen MR) is 80.0 cm³/mol. The second kappa shape index (κ2) is 8.07. The average Bonchev–Trinajstić information content (AvgIpc) is 2.44. The SMILES string of the molecule is CCC(CC)(CN)NC(=O)c1ccc(OC)c(F)c1.Cl. The van der Waals surface area contributed by atoms with E-state index in [0.717, 1.165) is 12.8 Å². The fraction of sp³-hybridized carbons (Fsp3) is 0.500. The maximum Gasteiger partial charge on any atom is 0.251 e. The molecular weight excluding hydrogens is 283 g/mol. The average molecular weight is 305 g/mol. The van der Waals surface area contributed by atoms with Crippen molar-refractivity contribution in [1.29, 1.82) is 0 Å². The molecular formula is C14H22ClFN2O2. The molecule has 1 aromatic carbocycles. The van der Waals surface area contributed by atoms with E-state index in [9.17, 15) is 9.18 Å². The lowest BCUT2D eigenvalue weighted by molar-refractivity contribution is 0.0894. The van der Waals surface area contributed by atoms with Gasteiger partial charge in [0.25, 0.3) is 5.91 Å². The third-order valence-electron chi connectivity index (χ3n) is 3.54. The van der Waals surface area contributed by atoms with Crippen LogP contribution >= 0.6 is 12.4 Å². The van der Waals surface area contributed by atoms with Gasteiger partial charge in [0.1, 0.15) is 0 Å². The first-order valence-corrected chi connectivity index (χ1v) is 6.38. The molecule has 0 aliphatic carbocycles. The summed E-state index contributed by atoms with van der Waals surface area (Å²) < 4.78 is 18.4. The van der Waals surface area contributed by atoms with Crippen molar-refractivity contribution in [1.82, 2.24) is 5.32 Å². The number of carbonyl (C=O) groups is 1. The molecule has 0 spiro atoms. The Balaban J connectivity index is 0.00000361. The third kappa shape index (κ3) is 4.08. The Morgan fingerprint density at radius 3 is 2.40 bits per heavy atom. The van der Waals surface area contributed by atoms with Crippen molar-refractivity contribution in [3.8, 4) is 5.75 Å². The van der Waals surface area contributed by atoms with Crippen molar-refractivity contribution in [2.45, 2.75) is 32.2 Å². The number of methoxy groups -OCH3 is 1. The summed E-state index contributed by atoms with van der Waals surface area (Å²) in [4.78, 5) is 12.1. The smallest absolute Gasteiger partial charge is 0.251 e. The maximum absolute atomic E-state index is 13.6. The first kappa shape index (κ1) is 18.7. The van der Waals surface area contributed by atoms with Crippen LogP contribution in [-0.4, -0.2) is 25.1 Å². The van der Waals surface area contributed by atoms with Crippen LogP contribution in [0.15, 0.2) is 18.2 Å². The number of nitrogens with one attached hydrogen (secondary N) is 1. The maximum atomic E-state index is 13.6. The van der Waals surface area contributed by atoms with Crippen molar-refractivity contribution in [2.24, 2.45) is 5.73 Å². The Morgan fingerprint density at radius 2 is 2.00 bits per heavy atom. The molecule has 1 aromatic rings. The van der Waals surface area contributed by atoms with E-state index in [1.54, 1.807) is 0 Å². The molecule has 0 fully saturated rings. The largest absolute Gasteiger partial charge is 0.494 e. The zero-order valence-electron chi connectivity index (χ0n) is 12.0. The summed E-state index contributed by atoms with van der Waals surface area (Å²) in [5.74, 6) is -0.759. The summed E-state index contributed by atoms with van der Waals surface area (Å²) in [6.07, 6.45) is 1.45. The summed E-state index contributed by atoms with van der Waals surface area (Å²) in [6.45, 7) is 4.28. The van der Waals surface area contributed by atoms with E-state index < -0.39 is 11.4 Å². The molecule has 0 saturated heterocycles. The first-order chi connectivity index (χ1) is 9.01. The fourth-order valence-corrected chi connectivity index (χ4v) is 1.89. The van der Waals surface area contributed by atoms with Gasteiger partial charge in [-0.3, -0.25) is 4.79 Å². The Bertz CT molecular complexity index is 443. The number of ether oxygens (including phenoxy) is 1. The van der Waals surface area contributed by atoms with Gasteiger partial charge in [0.2, 0.25) is 0 Å². The normalized spacial score (nSPS) is 10.7. The molecule has 0 aromatic heterocycles. The minimum absolute atomic E-state index is 0. The van der Waals surface area contributed by atoms with E-state index in [-0.39, 0.29) is 29.6 Å². The van der Waals surface area contributed by atoms with Crippen molar-refractivity contribution in [3.05, 3.63) is 29.6 Å². The van der Waals surface area contributed by atoms with Crippen LogP contribution in [0.4, 0.5) is 4.39 Å². The lowest BCUT2D eigenvalue weighted by Crippen LogP contribution is -2.52. The molecule has 0 unspecified atom stereocenters. The number of nitrogens with two attached hydrogens (primary N) is 1. The van der Waals surface area contributed by atoms with E-state index in [4.69, 9.17) is 10.5 Å². The van der Waals surface area contributed by atoms with E-state index >= 15 is 0 Å². The van der Waals surface area contributed by atoms with Gasteiger partial charge in [-0.2, -0.15) is 0 Å². The van der Waals surface area contributed by atoms with E-state index in [2.05, 4.69) is 5.32 Å². The molecule has 114 valence electrons. The van der Waals surface area contributed by atoms with Gasteiger partial charge in [0.05, 0.1) is 12.6 Å². The van der Waals surface area contributed by atoms with Crippen LogP contribution in [0.5, 0.6) is 5.75 Å². The molecule has 0 atom stereocenters. The summed E-state index contributed by atoms with van der Waals surface area (Å²) in [7, 11) is 1.38. The van der Waals surface area contributed by atoms with Crippen molar-refractivity contribution < 1.29 is 13.9 Å². The van der Waals surface area contributed by atoms with E-state index in [1.165, 1.54) is 25.3 Å². The Morgan fingerprint density at radius 1 is 1.40 bits per heavy atom. The minimum Gasteiger partial charge on any atom is -0.494 e. The van der Waals surface area contributed by atoms with Crippen LogP contribution in [0.1, 0.15) is 37.0 Å². The number of benzene rings is 1. The molecule has 3 N–H and O–H groups in total. The molecule has 0 saturated carbocycles. The number of hydrogen-bond acceptors (Lipinski definition) is 3. The second-order valence-corrected chi connectivity index (χ2v) is 4.50. The molecule has 0 aliphatic rings. The number of rotatable bonds is 6. The van der Waals surface area contributed by atoms with Crippen LogP contribution < -0.4 is 15.8 Å². The molecule has 0 bridgehead atoms. The van der Waals surface area contributed by atoms with Gasteiger partial charge in [-0.1, -0.05) is 13.8 Å². The van der Waals surface area contributed by atoms with Crippen LogP contribution in [0.25, 0.3) is 0 Å². The standard InChI is InChI=1S/C14H21FN2O2.ClH/c1-4-14(5-2,9-16)17-13(18)10-6-7-12(19-3)11(15)8-10;/h6-8H,4-5,9,16H2,1-3H3,(H,17,18);1H. The summed E-state index contributed by atoms with van der Waals surface area (Å²) in [5.41, 5.74) is 5.55. The molecule has 1 amide bonds. The van der Waals surface area contributed by atoms with Gasteiger partial charge in [-0.05, 0) is 31.0 Å². The van der Waals surface area contributed by atoms with Crippen molar-refractivity contribution in [2.75, 3.05) is 13.7 Å². The quantitative estimate of drug-likeness (QED) is 0.848. The Hall–Kier alpha value is -1.33. The third-order valence-corrected chi connectivity index (χ3v) is 3.54. The molecule has 1 rings (SSSR count). The zero-order valence-corrected chi connectivity index (χ0v) is 12.8. The molecule has 0 heterocycles. The monoisotopic (exact) mass is 304 g/mol. The van der Waals surface area contributed by atoms with Gasteiger partial charge in [-0.15, -0.1) is 12.4 Å².